The lowest BCUT2D eigenvalue weighted by molar-refractivity contribution is -0.384. The topological polar surface area (TPSA) is 138 Å². The number of nitro groups is 1. The van der Waals surface area contributed by atoms with E-state index in [1.807, 2.05) is 18.2 Å². The number of nitro benzene ring substituents is 1. The van der Waals surface area contributed by atoms with Crippen molar-refractivity contribution in [3.8, 4) is 0 Å². The van der Waals surface area contributed by atoms with Gasteiger partial charge in [-0.25, -0.2) is 12.7 Å². The average molecular weight is 494 g/mol. The van der Waals surface area contributed by atoms with Crippen molar-refractivity contribution in [2.75, 3.05) is 24.7 Å². The highest BCUT2D eigenvalue weighted by Gasteiger charge is 2.26. The Morgan fingerprint density at radius 1 is 1.11 bits per heavy atom. The Morgan fingerprint density at radius 2 is 1.86 bits per heavy atom. The molecule has 1 aliphatic rings. The Labute approximate surface area is 201 Å². The van der Waals surface area contributed by atoms with E-state index in [9.17, 15) is 23.3 Å². The number of aromatic nitrogens is 2. The van der Waals surface area contributed by atoms with Crippen molar-refractivity contribution in [2.45, 2.75) is 18.8 Å². The van der Waals surface area contributed by atoms with E-state index in [1.165, 1.54) is 34.8 Å². The molecule has 0 bridgehead atoms. The van der Waals surface area contributed by atoms with E-state index in [-0.39, 0.29) is 17.2 Å². The van der Waals surface area contributed by atoms with Gasteiger partial charge in [0.2, 0.25) is 10.0 Å². The summed E-state index contributed by atoms with van der Waals surface area (Å²) < 4.78 is 25.1. The maximum atomic E-state index is 12.7. The minimum Gasteiger partial charge on any atom is -0.353 e. The fourth-order valence-corrected chi connectivity index (χ4v) is 5.44. The molecule has 1 saturated heterocycles. The lowest BCUT2D eigenvalue weighted by Crippen LogP contribution is -2.37. The number of carbonyl (C=O) groups excluding carboxylic acids is 1. The van der Waals surface area contributed by atoms with Crippen LogP contribution in [-0.2, 0) is 10.0 Å². The number of aromatic amines is 1. The summed E-state index contributed by atoms with van der Waals surface area (Å²) in [5.41, 5.74) is 3.28. The van der Waals surface area contributed by atoms with Crippen LogP contribution in [0, 0.1) is 10.1 Å². The van der Waals surface area contributed by atoms with Crippen molar-refractivity contribution < 1.29 is 18.1 Å². The average Bonchev–Trinajstić information content (AvgIpc) is 3.21. The Hall–Kier alpha value is -3.83. The van der Waals surface area contributed by atoms with Gasteiger partial charge >= 0.3 is 0 Å². The molecular weight excluding hydrogens is 470 g/mol. The number of fused-ring (bicyclic) bond motifs is 3. The number of sulfonamides is 1. The van der Waals surface area contributed by atoms with Crippen LogP contribution in [0.15, 0.2) is 54.7 Å². The highest BCUT2D eigenvalue weighted by atomic mass is 32.2. The predicted molar refractivity (Wildman–Crippen MR) is 133 cm³/mol. The zero-order valence-corrected chi connectivity index (χ0v) is 19.7. The SMILES string of the molecule is CS(=O)(=O)N1CCC(c2cc3c(cn2)[nH]c2ccc(NC(=O)c4cccc([N+](=O)[O-])c4)cc23)CC1. The van der Waals surface area contributed by atoms with Crippen molar-refractivity contribution in [1.82, 2.24) is 14.3 Å². The monoisotopic (exact) mass is 493 g/mol. The van der Waals surface area contributed by atoms with Gasteiger partial charge in [0.15, 0.2) is 0 Å². The molecule has 1 fully saturated rings. The summed E-state index contributed by atoms with van der Waals surface area (Å²) in [6, 6.07) is 13.1. The van der Waals surface area contributed by atoms with Gasteiger partial charge in [-0.15, -0.1) is 0 Å². The minimum absolute atomic E-state index is 0.146. The maximum absolute atomic E-state index is 12.7. The fourth-order valence-electron chi connectivity index (χ4n) is 4.56. The van der Waals surface area contributed by atoms with Crippen LogP contribution in [0.4, 0.5) is 11.4 Å². The van der Waals surface area contributed by atoms with Crippen molar-refractivity contribution in [1.29, 1.82) is 0 Å². The third-order valence-electron chi connectivity index (χ3n) is 6.42. The lowest BCUT2D eigenvalue weighted by Gasteiger charge is -2.29. The molecule has 2 N–H and O–H groups in total. The number of nitrogens with zero attached hydrogens (tertiary/aromatic N) is 3. The molecule has 0 unspecified atom stereocenters. The first-order chi connectivity index (χ1) is 16.7. The van der Waals surface area contributed by atoms with Gasteiger partial charge in [-0.3, -0.25) is 19.9 Å². The molecular formula is C24H23N5O5S. The highest BCUT2D eigenvalue weighted by molar-refractivity contribution is 7.88. The van der Waals surface area contributed by atoms with E-state index in [0.717, 1.165) is 27.5 Å². The summed E-state index contributed by atoms with van der Waals surface area (Å²) in [5, 5.41) is 15.7. The number of non-ortho nitro benzene ring substituents is 1. The Bertz CT molecular complexity index is 1570. The summed E-state index contributed by atoms with van der Waals surface area (Å²) in [6.07, 6.45) is 4.44. The Balaban J connectivity index is 1.41. The third-order valence-corrected chi connectivity index (χ3v) is 7.73. The van der Waals surface area contributed by atoms with Crippen molar-refractivity contribution in [2.24, 2.45) is 0 Å². The molecule has 5 rings (SSSR count). The number of hydrogen-bond acceptors (Lipinski definition) is 6. The van der Waals surface area contributed by atoms with E-state index in [0.29, 0.717) is 31.6 Å². The molecule has 0 saturated carbocycles. The smallest absolute Gasteiger partial charge is 0.270 e. The first-order valence-corrected chi connectivity index (χ1v) is 13.0. The minimum atomic E-state index is -3.19. The van der Waals surface area contributed by atoms with Gasteiger partial charge in [0.1, 0.15) is 0 Å². The van der Waals surface area contributed by atoms with Gasteiger partial charge in [0.25, 0.3) is 11.6 Å². The van der Waals surface area contributed by atoms with Gasteiger partial charge in [0.05, 0.1) is 22.9 Å². The Kier molecular flexibility index (Phi) is 5.73. The van der Waals surface area contributed by atoms with Gasteiger partial charge in [-0.2, -0.15) is 0 Å². The normalized spacial score (nSPS) is 15.5. The van der Waals surface area contributed by atoms with E-state index in [1.54, 1.807) is 12.3 Å². The molecule has 0 spiro atoms. The van der Waals surface area contributed by atoms with E-state index >= 15 is 0 Å². The molecule has 0 aliphatic carbocycles. The summed E-state index contributed by atoms with van der Waals surface area (Å²) in [5.74, 6) is -0.271. The second-order valence-electron chi connectivity index (χ2n) is 8.74. The molecule has 3 heterocycles. The number of H-pyrrole nitrogens is 1. The van der Waals surface area contributed by atoms with Gasteiger partial charge < -0.3 is 10.3 Å². The second-order valence-corrected chi connectivity index (χ2v) is 10.7. The zero-order valence-electron chi connectivity index (χ0n) is 18.9. The van der Waals surface area contributed by atoms with Gasteiger partial charge in [0, 0.05) is 64.4 Å². The van der Waals surface area contributed by atoms with Crippen LogP contribution in [0.2, 0.25) is 0 Å². The van der Waals surface area contributed by atoms with Crippen molar-refractivity contribution in [3.63, 3.8) is 0 Å². The van der Waals surface area contributed by atoms with Crippen LogP contribution in [0.1, 0.15) is 34.8 Å². The highest BCUT2D eigenvalue weighted by Crippen LogP contribution is 2.33. The lowest BCUT2D eigenvalue weighted by atomic mass is 9.93. The molecule has 4 aromatic rings. The molecule has 11 heteroatoms. The molecule has 2 aromatic heterocycles. The molecule has 10 nitrogen and oxygen atoms in total. The van der Waals surface area contributed by atoms with Crippen LogP contribution in [0.3, 0.4) is 0 Å². The number of rotatable bonds is 5. The summed E-state index contributed by atoms with van der Waals surface area (Å²) in [7, 11) is -3.19. The molecule has 180 valence electrons. The van der Waals surface area contributed by atoms with E-state index in [4.69, 9.17) is 0 Å². The number of hydrogen-bond donors (Lipinski definition) is 2. The molecule has 0 atom stereocenters. The van der Waals surface area contributed by atoms with Crippen LogP contribution in [0.25, 0.3) is 21.8 Å². The third kappa shape index (κ3) is 4.60. The number of piperidine rings is 1. The van der Waals surface area contributed by atoms with Crippen LogP contribution < -0.4 is 5.32 Å². The number of carbonyl (C=O) groups is 1. The number of amides is 1. The zero-order chi connectivity index (χ0) is 24.7. The van der Waals surface area contributed by atoms with E-state index in [2.05, 4.69) is 15.3 Å². The second kappa shape index (κ2) is 8.75. The molecule has 35 heavy (non-hydrogen) atoms. The largest absolute Gasteiger partial charge is 0.353 e. The quantitative estimate of drug-likeness (QED) is 0.318. The van der Waals surface area contributed by atoms with Crippen LogP contribution in [-0.4, -0.2) is 52.9 Å². The van der Waals surface area contributed by atoms with E-state index < -0.39 is 20.9 Å². The first-order valence-electron chi connectivity index (χ1n) is 11.1. The first kappa shape index (κ1) is 22.9. The molecule has 1 amide bonds. The molecule has 1 aliphatic heterocycles. The van der Waals surface area contributed by atoms with Crippen molar-refractivity contribution >= 4 is 49.1 Å². The van der Waals surface area contributed by atoms with Crippen LogP contribution >= 0.6 is 0 Å². The van der Waals surface area contributed by atoms with Gasteiger partial charge in [-0.05, 0) is 43.2 Å². The number of pyridine rings is 1. The predicted octanol–water partition coefficient (Wildman–Crippen LogP) is 4.02. The fraction of sp³-hybridized carbons (Fsp3) is 0.250. The van der Waals surface area contributed by atoms with Gasteiger partial charge in [-0.1, -0.05) is 6.07 Å². The summed E-state index contributed by atoms with van der Waals surface area (Å²) in [6.45, 7) is 0.954. The standard InChI is InChI=1S/C24H23N5O5S/c1-35(33,34)28-9-7-15(8-10-28)22-13-20-19-12-17(5-6-21(19)27-23(20)14-25-22)26-24(30)16-3-2-4-18(11-16)29(31)32/h2-6,11-15,27H,7-10H2,1H3,(H,26,30). The molecule has 0 radical (unpaired) electrons. The number of benzene rings is 2. The molecule has 2 aromatic carbocycles. The van der Waals surface area contributed by atoms with Crippen molar-refractivity contribution in [3.05, 3.63) is 76.1 Å². The number of anilines is 1. The summed E-state index contributed by atoms with van der Waals surface area (Å²) in [4.78, 5) is 31.1. The number of nitrogens with one attached hydrogen (secondary N) is 2. The summed E-state index contributed by atoms with van der Waals surface area (Å²) >= 11 is 0. The maximum Gasteiger partial charge on any atom is 0.270 e. The van der Waals surface area contributed by atoms with Crippen LogP contribution in [0.5, 0.6) is 0 Å². The Morgan fingerprint density at radius 3 is 2.57 bits per heavy atom.